The fraction of sp³-hybridized carbons (Fsp3) is 0.370. The average molecular weight is 390 g/mol. The predicted molar refractivity (Wildman–Crippen MR) is 122 cm³/mol. The molecule has 0 radical (unpaired) electrons. The number of aryl methyl sites for hydroxylation is 2. The summed E-state index contributed by atoms with van der Waals surface area (Å²) in [4.78, 5) is 4.63. The van der Waals surface area contributed by atoms with Gasteiger partial charge in [-0.15, -0.1) is 0 Å². The lowest BCUT2D eigenvalue weighted by molar-refractivity contribution is 0.628. The largest absolute Gasteiger partial charge is 0.261 e. The van der Waals surface area contributed by atoms with Crippen molar-refractivity contribution in [3.8, 4) is 22.3 Å². The fourth-order valence-electron chi connectivity index (χ4n) is 3.73. The molecule has 0 fully saturated rings. The summed E-state index contributed by atoms with van der Waals surface area (Å²) in [7, 11) is 0. The zero-order valence-electron chi connectivity index (χ0n) is 17.8. The molecule has 0 amide bonds. The zero-order chi connectivity index (χ0) is 20.5. The van der Waals surface area contributed by atoms with Gasteiger partial charge in [-0.1, -0.05) is 88.4 Å². The molecule has 2 aromatic carbocycles. The molecule has 1 nitrogen and oxygen atoms in total. The molecule has 0 spiro atoms. The summed E-state index contributed by atoms with van der Waals surface area (Å²) in [6, 6.07) is 18.0. The Morgan fingerprint density at radius 3 is 2.07 bits per heavy atom. The Labute approximate surface area is 175 Å². The van der Waals surface area contributed by atoms with Gasteiger partial charge in [-0.25, -0.2) is 4.39 Å². The van der Waals surface area contributed by atoms with Crippen LogP contribution >= 0.6 is 0 Å². The van der Waals surface area contributed by atoms with Crippen molar-refractivity contribution in [1.82, 2.24) is 4.98 Å². The van der Waals surface area contributed by atoms with Crippen LogP contribution in [0.5, 0.6) is 0 Å². The van der Waals surface area contributed by atoms with Crippen molar-refractivity contribution in [2.45, 2.75) is 65.2 Å². The molecule has 152 valence electrons. The van der Waals surface area contributed by atoms with E-state index < -0.39 is 0 Å². The third-order valence-electron chi connectivity index (χ3n) is 5.46. The van der Waals surface area contributed by atoms with E-state index in [-0.39, 0.29) is 5.82 Å². The molecule has 0 aliphatic rings. The first-order chi connectivity index (χ1) is 14.2. The van der Waals surface area contributed by atoms with Crippen LogP contribution in [0.15, 0.2) is 60.8 Å². The first kappa shape index (κ1) is 21.2. The van der Waals surface area contributed by atoms with Gasteiger partial charge in [0.25, 0.3) is 0 Å². The Morgan fingerprint density at radius 2 is 1.41 bits per heavy atom. The number of aromatic nitrogens is 1. The van der Waals surface area contributed by atoms with Crippen LogP contribution in [-0.4, -0.2) is 4.98 Å². The second-order valence-corrected chi connectivity index (χ2v) is 7.84. The van der Waals surface area contributed by atoms with Crippen LogP contribution in [0.2, 0.25) is 0 Å². The van der Waals surface area contributed by atoms with Crippen molar-refractivity contribution in [3.63, 3.8) is 0 Å². The van der Waals surface area contributed by atoms with Crippen molar-refractivity contribution >= 4 is 0 Å². The first-order valence-electron chi connectivity index (χ1n) is 11.1. The molecule has 1 heterocycles. The van der Waals surface area contributed by atoms with Gasteiger partial charge >= 0.3 is 0 Å². The number of pyridine rings is 1. The van der Waals surface area contributed by atoms with E-state index in [1.165, 1.54) is 32.1 Å². The molecule has 0 aliphatic heterocycles. The molecule has 0 aliphatic carbocycles. The van der Waals surface area contributed by atoms with Gasteiger partial charge in [0.1, 0.15) is 5.82 Å². The van der Waals surface area contributed by atoms with E-state index in [2.05, 4.69) is 43.1 Å². The van der Waals surface area contributed by atoms with Gasteiger partial charge in [-0.2, -0.15) is 0 Å². The van der Waals surface area contributed by atoms with Gasteiger partial charge < -0.3 is 0 Å². The van der Waals surface area contributed by atoms with Gasteiger partial charge in [0.15, 0.2) is 0 Å². The fourth-order valence-corrected chi connectivity index (χ4v) is 3.73. The normalized spacial score (nSPS) is 11.0. The van der Waals surface area contributed by atoms with E-state index in [4.69, 9.17) is 0 Å². The molecule has 2 heteroatoms. The Kier molecular flexibility index (Phi) is 7.98. The summed E-state index contributed by atoms with van der Waals surface area (Å²) in [5.74, 6) is -0.145. The second-order valence-electron chi connectivity index (χ2n) is 7.84. The van der Waals surface area contributed by atoms with Crippen molar-refractivity contribution < 1.29 is 4.39 Å². The van der Waals surface area contributed by atoms with Crippen molar-refractivity contribution in [3.05, 3.63) is 77.9 Å². The van der Waals surface area contributed by atoms with Crippen LogP contribution < -0.4 is 0 Å². The van der Waals surface area contributed by atoms with Gasteiger partial charge in [0.2, 0.25) is 0 Å². The van der Waals surface area contributed by atoms with E-state index in [1.54, 1.807) is 6.07 Å². The van der Waals surface area contributed by atoms with E-state index in [1.807, 2.05) is 30.5 Å². The van der Waals surface area contributed by atoms with Crippen LogP contribution in [0.1, 0.15) is 63.6 Å². The minimum Gasteiger partial charge on any atom is -0.261 e. The van der Waals surface area contributed by atoms with Crippen LogP contribution in [0.25, 0.3) is 22.3 Å². The molecule has 29 heavy (non-hydrogen) atoms. The van der Waals surface area contributed by atoms with Gasteiger partial charge in [-0.05, 0) is 48.1 Å². The van der Waals surface area contributed by atoms with Crippen molar-refractivity contribution in [2.75, 3.05) is 0 Å². The molecule has 0 saturated carbocycles. The number of benzene rings is 2. The quantitative estimate of drug-likeness (QED) is 0.320. The summed E-state index contributed by atoms with van der Waals surface area (Å²) < 4.78 is 14.5. The predicted octanol–water partition coefficient (Wildman–Crippen LogP) is 8.02. The lowest BCUT2D eigenvalue weighted by Gasteiger charge is -2.08. The smallest absolute Gasteiger partial charge is 0.131 e. The standard InChI is InChI=1S/C27H32FN/c1-3-5-6-7-8-10-25-17-16-24(20-29-25)22-12-14-23(15-13-22)26-18-11-21(9-4-2)19-27(26)28/h11-20H,3-10H2,1-2H3. The van der Waals surface area contributed by atoms with Gasteiger partial charge in [0, 0.05) is 23.0 Å². The Morgan fingerprint density at radius 1 is 0.690 bits per heavy atom. The minimum atomic E-state index is -0.145. The monoisotopic (exact) mass is 389 g/mol. The molecular formula is C27H32FN. The summed E-state index contributed by atoms with van der Waals surface area (Å²) in [5, 5.41) is 0. The highest BCUT2D eigenvalue weighted by Crippen LogP contribution is 2.27. The third kappa shape index (κ3) is 6.00. The SMILES string of the molecule is CCCCCCCc1ccc(-c2ccc(-c3ccc(CCC)cc3F)cc2)cn1. The van der Waals surface area contributed by atoms with E-state index in [9.17, 15) is 4.39 Å². The van der Waals surface area contributed by atoms with Crippen LogP contribution in [-0.2, 0) is 12.8 Å². The lowest BCUT2D eigenvalue weighted by Crippen LogP contribution is -1.91. The number of rotatable bonds is 10. The lowest BCUT2D eigenvalue weighted by atomic mass is 9.99. The maximum absolute atomic E-state index is 14.5. The summed E-state index contributed by atoms with van der Waals surface area (Å²) in [5.41, 5.74) is 6.00. The summed E-state index contributed by atoms with van der Waals surface area (Å²) in [6.45, 7) is 4.35. The van der Waals surface area contributed by atoms with Crippen LogP contribution in [0.3, 0.4) is 0 Å². The number of nitrogens with zero attached hydrogens (tertiary/aromatic N) is 1. The first-order valence-corrected chi connectivity index (χ1v) is 11.1. The Balaban J connectivity index is 1.64. The van der Waals surface area contributed by atoms with Crippen LogP contribution in [0, 0.1) is 5.82 Å². The topological polar surface area (TPSA) is 12.9 Å². The number of unbranched alkanes of at least 4 members (excludes halogenated alkanes) is 4. The highest BCUT2D eigenvalue weighted by molar-refractivity contribution is 5.70. The maximum atomic E-state index is 14.5. The Hall–Kier alpha value is -2.48. The van der Waals surface area contributed by atoms with E-state index in [0.29, 0.717) is 5.56 Å². The number of hydrogen-bond acceptors (Lipinski definition) is 1. The molecule has 0 unspecified atom stereocenters. The zero-order valence-corrected chi connectivity index (χ0v) is 17.8. The highest BCUT2D eigenvalue weighted by Gasteiger charge is 2.07. The molecular weight excluding hydrogens is 357 g/mol. The van der Waals surface area contributed by atoms with E-state index >= 15 is 0 Å². The Bertz CT molecular complexity index is 881. The molecule has 3 rings (SSSR count). The van der Waals surface area contributed by atoms with Crippen molar-refractivity contribution in [2.24, 2.45) is 0 Å². The third-order valence-corrected chi connectivity index (χ3v) is 5.46. The number of halogens is 1. The summed E-state index contributed by atoms with van der Waals surface area (Å²) in [6.07, 6.45) is 11.4. The summed E-state index contributed by atoms with van der Waals surface area (Å²) >= 11 is 0. The molecule has 0 saturated heterocycles. The number of hydrogen-bond donors (Lipinski definition) is 0. The molecule has 1 aromatic heterocycles. The molecule has 0 atom stereocenters. The minimum absolute atomic E-state index is 0.145. The van der Waals surface area contributed by atoms with E-state index in [0.717, 1.165) is 47.2 Å². The van der Waals surface area contributed by atoms with Gasteiger partial charge in [0.05, 0.1) is 0 Å². The second kappa shape index (κ2) is 10.9. The molecule has 0 N–H and O–H groups in total. The average Bonchev–Trinajstić information content (AvgIpc) is 2.75. The molecule has 3 aromatic rings. The van der Waals surface area contributed by atoms with Crippen LogP contribution in [0.4, 0.5) is 4.39 Å². The van der Waals surface area contributed by atoms with Gasteiger partial charge in [-0.3, -0.25) is 4.98 Å². The maximum Gasteiger partial charge on any atom is 0.131 e. The highest BCUT2D eigenvalue weighted by atomic mass is 19.1. The molecule has 0 bridgehead atoms. The van der Waals surface area contributed by atoms with Crippen molar-refractivity contribution in [1.29, 1.82) is 0 Å².